The Kier molecular flexibility index (Phi) is 9.32. The molecule has 1 saturated carbocycles. The van der Waals surface area contributed by atoms with E-state index in [9.17, 15) is 24.0 Å². The van der Waals surface area contributed by atoms with Gasteiger partial charge in [0.15, 0.2) is 0 Å². The Bertz CT molecular complexity index is 948. The predicted octanol–water partition coefficient (Wildman–Crippen LogP) is 2.35. The summed E-state index contributed by atoms with van der Waals surface area (Å²) >= 11 is 0. The van der Waals surface area contributed by atoms with Gasteiger partial charge in [-0.15, -0.1) is 0 Å². The number of likely N-dealkylation sites (tertiary alicyclic amines) is 1. The van der Waals surface area contributed by atoms with Crippen molar-refractivity contribution in [3.05, 3.63) is 0 Å². The molecule has 1 aliphatic heterocycles. The van der Waals surface area contributed by atoms with Crippen LogP contribution in [-0.4, -0.2) is 64.6 Å². The summed E-state index contributed by atoms with van der Waals surface area (Å²) in [5.74, 6) is -2.62. The average Bonchev–Trinajstić information content (AvgIpc) is 3.07. The van der Waals surface area contributed by atoms with E-state index >= 15 is 0 Å². The summed E-state index contributed by atoms with van der Waals surface area (Å²) in [6, 6.07) is -3.21. The molecule has 216 valence electrons. The molecule has 38 heavy (non-hydrogen) atoms. The predicted molar refractivity (Wildman–Crippen MR) is 146 cm³/mol. The van der Waals surface area contributed by atoms with Gasteiger partial charge in [-0.2, -0.15) is 0 Å². The highest BCUT2D eigenvalue weighted by molar-refractivity contribution is 6.37. The van der Waals surface area contributed by atoms with Gasteiger partial charge < -0.3 is 26.6 Å². The number of hydrogen-bond acceptors (Lipinski definition) is 5. The van der Waals surface area contributed by atoms with Gasteiger partial charge in [-0.3, -0.25) is 19.2 Å². The molecule has 0 bridgehead atoms. The van der Waals surface area contributed by atoms with Crippen molar-refractivity contribution in [3.63, 3.8) is 0 Å². The molecule has 2 fully saturated rings. The maximum absolute atomic E-state index is 13.9. The van der Waals surface area contributed by atoms with E-state index in [2.05, 4.69) is 29.8 Å². The molecule has 0 aromatic heterocycles. The topological polar surface area (TPSA) is 151 Å². The third-order valence-corrected chi connectivity index (χ3v) is 7.93. The highest BCUT2D eigenvalue weighted by Gasteiger charge is 2.69. The van der Waals surface area contributed by atoms with Crippen LogP contribution in [0.4, 0.5) is 4.79 Å². The summed E-state index contributed by atoms with van der Waals surface area (Å²) in [6.07, 6.45) is 2.03. The number of rotatable bonds is 10. The smallest absolute Gasteiger partial charge is 0.315 e. The number of hydrogen-bond donors (Lipinski definition) is 4. The summed E-state index contributed by atoms with van der Waals surface area (Å²) < 4.78 is 0. The van der Waals surface area contributed by atoms with Crippen LogP contribution >= 0.6 is 0 Å². The minimum atomic E-state index is -1.09. The van der Waals surface area contributed by atoms with Gasteiger partial charge in [-0.1, -0.05) is 61.3 Å². The first-order valence-corrected chi connectivity index (χ1v) is 13.8. The number of carbonyl (C=O) groups excluding carboxylic acids is 5. The lowest BCUT2D eigenvalue weighted by atomic mass is 9.85. The molecule has 1 aliphatic carbocycles. The standard InChI is InChI=1S/C28H49N5O5/c1-11-12-15(2)13-17(20(34)22(29)35)30-23(36)19-18-16(28(18,9)10)14-33(19)24(37)21(26(3,4)5)31-25(38)32-27(6,7)8/h15-19,21H,11-14H2,1-10H3,(H2,29,35)(H,30,36)(H2,31,32,38)/t15?,16-,17?,18-,19-,21+/m0/s1. The first-order chi connectivity index (χ1) is 17.2. The molecule has 0 aromatic rings. The third-order valence-electron chi connectivity index (χ3n) is 7.93. The summed E-state index contributed by atoms with van der Waals surface area (Å²) in [7, 11) is 0. The fraction of sp³-hybridized carbons (Fsp3) is 0.821. The average molecular weight is 536 g/mol. The first kappa shape index (κ1) is 31.6. The van der Waals surface area contributed by atoms with Crippen molar-refractivity contribution in [2.45, 2.75) is 112 Å². The van der Waals surface area contributed by atoms with Gasteiger partial charge in [-0.05, 0) is 55.8 Å². The summed E-state index contributed by atoms with van der Waals surface area (Å²) in [6.45, 7) is 19.6. The van der Waals surface area contributed by atoms with Crippen molar-refractivity contribution in [1.29, 1.82) is 0 Å². The van der Waals surface area contributed by atoms with Crippen molar-refractivity contribution in [2.24, 2.45) is 34.3 Å². The molecule has 2 aliphatic rings. The Morgan fingerprint density at radius 3 is 2.08 bits per heavy atom. The van der Waals surface area contributed by atoms with E-state index in [0.29, 0.717) is 13.0 Å². The third kappa shape index (κ3) is 7.26. The van der Waals surface area contributed by atoms with Crippen molar-refractivity contribution in [2.75, 3.05) is 6.54 Å². The molecule has 10 nitrogen and oxygen atoms in total. The minimum absolute atomic E-state index is 0.0899. The second kappa shape index (κ2) is 11.2. The van der Waals surface area contributed by atoms with Gasteiger partial charge in [0.1, 0.15) is 12.1 Å². The van der Waals surface area contributed by atoms with Gasteiger partial charge in [0.25, 0.3) is 5.91 Å². The molecule has 10 heteroatoms. The monoisotopic (exact) mass is 535 g/mol. The van der Waals surface area contributed by atoms with Gasteiger partial charge in [-0.25, -0.2) is 4.79 Å². The maximum atomic E-state index is 13.9. The zero-order valence-electron chi connectivity index (χ0n) is 24.9. The molecular formula is C28H49N5O5. The number of Topliss-reactive ketones (excluding diaryl/α,β-unsaturated/α-hetero) is 1. The highest BCUT2D eigenvalue weighted by Crippen LogP contribution is 2.65. The lowest BCUT2D eigenvalue weighted by Gasteiger charge is -2.38. The Morgan fingerprint density at radius 1 is 1.03 bits per heavy atom. The van der Waals surface area contributed by atoms with Gasteiger partial charge in [0.05, 0.1) is 6.04 Å². The molecule has 5 amide bonds. The summed E-state index contributed by atoms with van der Waals surface area (Å²) in [5, 5.41) is 8.43. The maximum Gasteiger partial charge on any atom is 0.315 e. The SMILES string of the molecule is CCCC(C)CC(NC(=O)[C@@H]1[C@@H]2[C@H](CN1C(=O)[C@@H](NC(=O)NC(C)(C)C)C(C)(C)C)C2(C)C)C(=O)C(N)=O. The lowest BCUT2D eigenvalue weighted by molar-refractivity contribution is -0.145. The van der Waals surface area contributed by atoms with Crippen molar-refractivity contribution < 1.29 is 24.0 Å². The minimum Gasteiger partial charge on any atom is -0.363 e. The largest absolute Gasteiger partial charge is 0.363 e. The number of piperidine rings is 1. The quantitative estimate of drug-likeness (QED) is 0.317. The number of nitrogens with one attached hydrogen (secondary N) is 3. The Hall–Kier alpha value is -2.65. The van der Waals surface area contributed by atoms with Crippen molar-refractivity contribution >= 4 is 29.5 Å². The number of ketones is 1. The number of fused-ring (bicyclic) bond motifs is 1. The van der Waals surface area contributed by atoms with Crippen LogP contribution in [-0.2, 0) is 19.2 Å². The number of amides is 5. The van der Waals surface area contributed by atoms with Crippen molar-refractivity contribution in [3.8, 4) is 0 Å². The van der Waals surface area contributed by atoms with E-state index in [-0.39, 0.29) is 29.1 Å². The van der Waals surface area contributed by atoms with Crippen LogP contribution in [0.3, 0.4) is 0 Å². The zero-order chi connectivity index (χ0) is 29.4. The van der Waals surface area contributed by atoms with Crippen LogP contribution in [0, 0.1) is 28.6 Å². The van der Waals surface area contributed by atoms with Crippen molar-refractivity contribution in [1.82, 2.24) is 20.9 Å². The molecule has 1 heterocycles. The van der Waals surface area contributed by atoms with Crippen LogP contribution in [0.1, 0.15) is 88.5 Å². The molecule has 0 aromatic carbocycles. The van der Waals surface area contributed by atoms with E-state index in [1.165, 1.54) is 0 Å². The molecule has 2 rings (SSSR count). The molecule has 6 atom stereocenters. The first-order valence-electron chi connectivity index (χ1n) is 13.8. The number of urea groups is 1. The Balaban J connectivity index is 2.33. The Morgan fingerprint density at radius 2 is 1.61 bits per heavy atom. The van der Waals surface area contributed by atoms with Gasteiger partial charge in [0.2, 0.25) is 17.6 Å². The van der Waals surface area contributed by atoms with E-state index in [0.717, 1.165) is 12.8 Å². The lowest BCUT2D eigenvalue weighted by Crippen LogP contribution is -2.62. The van der Waals surface area contributed by atoms with Gasteiger partial charge >= 0.3 is 6.03 Å². The molecule has 0 radical (unpaired) electrons. The fourth-order valence-corrected chi connectivity index (χ4v) is 5.81. The van der Waals surface area contributed by atoms with E-state index in [1.807, 2.05) is 55.4 Å². The normalized spacial score (nSPS) is 24.5. The molecule has 2 unspecified atom stereocenters. The molecule has 5 N–H and O–H groups in total. The second-order valence-electron chi connectivity index (χ2n) is 14.0. The second-order valence-corrected chi connectivity index (χ2v) is 14.0. The Labute approximate surface area is 227 Å². The van der Waals surface area contributed by atoms with E-state index in [4.69, 9.17) is 5.73 Å². The molecular weight excluding hydrogens is 486 g/mol. The van der Waals surface area contributed by atoms with E-state index in [1.54, 1.807) is 4.90 Å². The van der Waals surface area contributed by atoms with Gasteiger partial charge in [0, 0.05) is 12.1 Å². The van der Waals surface area contributed by atoms with Crippen LogP contribution in [0.5, 0.6) is 0 Å². The van der Waals surface area contributed by atoms with E-state index < -0.39 is 52.7 Å². The summed E-state index contributed by atoms with van der Waals surface area (Å²) in [5.41, 5.74) is 4.03. The van der Waals surface area contributed by atoms with Crippen LogP contribution < -0.4 is 21.7 Å². The van der Waals surface area contributed by atoms with Crippen LogP contribution in [0.2, 0.25) is 0 Å². The number of nitrogens with two attached hydrogens (primary N) is 1. The number of carbonyl (C=O) groups is 5. The zero-order valence-corrected chi connectivity index (χ0v) is 24.9. The van der Waals surface area contributed by atoms with Crippen LogP contribution in [0.25, 0.3) is 0 Å². The fourth-order valence-electron chi connectivity index (χ4n) is 5.81. The molecule has 0 spiro atoms. The van der Waals surface area contributed by atoms with Crippen LogP contribution in [0.15, 0.2) is 0 Å². The molecule has 1 saturated heterocycles. The highest BCUT2D eigenvalue weighted by atomic mass is 16.2. The number of primary amides is 1. The number of nitrogens with zero attached hydrogens (tertiary/aromatic N) is 1. The summed E-state index contributed by atoms with van der Waals surface area (Å²) in [4.78, 5) is 66.3.